The Kier molecular flexibility index (Phi) is 29.0. The number of guanidine groups is 1. The third-order valence-corrected chi connectivity index (χ3v) is 0. The van der Waals surface area contributed by atoms with Gasteiger partial charge in [0.2, 0.25) is 0 Å². The predicted octanol–water partition coefficient (Wildman–Crippen LogP) is -5.18. The standard InChI is InChI=1S/CH5N3.2Cr.3H2O4S/c2-1(3)4;;;3*1-5(2,3)4/h(H5,2,3,4);;;3*(H2,1,2,3,4)/q;2*+3;;;/p-6. The third kappa shape index (κ3) is 2120000. The van der Waals surface area contributed by atoms with Crippen molar-refractivity contribution < 1.29 is 87.3 Å². The first-order chi connectivity index (χ1) is 7.73. The molecule has 21 heavy (non-hydrogen) atoms. The van der Waals surface area contributed by atoms with Crippen molar-refractivity contribution in [1.29, 1.82) is 5.41 Å². The van der Waals surface area contributed by atoms with Gasteiger partial charge in [0.15, 0.2) is 5.96 Å². The van der Waals surface area contributed by atoms with Gasteiger partial charge in [0.05, 0.1) is 0 Å². The summed E-state index contributed by atoms with van der Waals surface area (Å²) in [5, 5.41) is 6.06. The Hall–Kier alpha value is -0.0551. The average Bonchev–Trinajstić information content (AvgIpc) is 1.66. The fraction of sp³-hybridized carbons (Fsp3) is 0. The van der Waals surface area contributed by atoms with Crippen LogP contribution in [0.1, 0.15) is 0 Å². The zero-order chi connectivity index (χ0) is 17.1. The van der Waals surface area contributed by atoms with Crippen LogP contribution < -0.4 is 11.5 Å². The number of nitrogens with one attached hydrogen (secondary N) is 1. The van der Waals surface area contributed by atoms with E-state index in [4.69, 9.17) is 58.0 Å². The van der Waals surface area contributed by atoms with Gasteiger partial charge in [0.25, 0.3) is 0 Å². The summed E-state index contributed by atoms with van der Waals surface area (Å²) in [7, 11) is -15.5. The molecule has 0 heterocycles. The van der Waals surface area contributed by atoms with Gasteiger partial charge in [0.1, 0.15) is 0 Å². The molecule has 5 N–H and O–H groups in total. The fourth-order valence-corrected chi connectivity index (χ4v) is 0. The van der Waals surface area contributed by atoms with Crippen molar-refractivity contribution >= 4 is 37.2 Å². The molecule has 0 rings (SSSR count). The molecule has 0 saturated carbocycles. The van der Waals surface area contributed by atoms with Crippen LogP contribution in [0.3, 0.4) is 0 Å². The van der Waals surface area contributed by atoms with Gasteiger partial charge in [-0.25, -0.2) is 0 Å². The fourth-order valence-electron chi connectivity index (χ4n) is 0. The van der Waals surface area contributed by atoms with Crippen LogP contribution in [0.5, 0.6) is 0 Å². The zero-order valence-corrected chi connectivity index (χ0v) is 14.1. The molecule has 0 bridgehead atoms. The molecule has 0 saturated heterocycles. The Morgan fingerprint density at radius 3 is 0.619 bits per heavy atom. The molecule has 15 nitrogen and oxygen atoms in total. The molecule has 0 aromatic carbocycles. The van der Waals surface area contributed by atoms with Crippen LogP contribution in [-0.2, 0) is 65.9 Å². The molecule has 0 spiro atoms. The number of hydrogen-bond acceptors (Lipinski definition) is 13. The maximum Gasteiger partial charge on any atom is 3.00 e. The average molecular weight is 451 g/mol. The summed E-state index contributed by atoms with van der Waals surface area (Å²) in [6.07, 6.45) is 0. The molecule has 0 unspecified atom stereocenters. The molecule has 0 aliphatic rings. The first-order valence-electron chi connectivity index (χ1n) is 2.83. The third-order valence-electron chi connectivity index (χ3n) is 0. The Morgan fingerprint density at radius 1 is 0.619 bits per heavy atom. The van der Waals surface area contributed by atoms with Crippen molar-refractivity contribution in [3.05, 3.63) is 0 Å². The van der Waals surface area contributed by atoms with Crippen LogP contribution >= 0.6 is 0 Å². The second-order valence-corrected chi connectivity index (χ2v) is 4.13. The Labute approximate surface area is 141 Å². The van der Waals surface area contributed by atoms with Gasteiger partial charge >= 0.3 is 34.7 Å². The molecule has 0 aromatic rings. The topological polar surface area (TPSA) is 317 Å². The van der Waals surface area contributed by atoms with Gasteiger partial charge in [-0.1, -0.05) is 0 Å². The van der Waals surface area contributed by atoms with Crippen molar-refractivity contribution in [2.24, 2.45) is 11.5 Å². The largest absolute Gasteiger partial charge is 3.00 e. The van der Waals surface area contributed by atoms with E-state index < -0.39 is 31.2 Å². The van der Waals surface area contributed by atoms with Crippen molar-refractivity contribution in [2.75, 3.05) is 0 Å². The molecule has 0 amide bonds. The smallest absolute Gasteiger partial charge is 0.759 e. The summed E-state index contributed by atoms with van der Waals surface area (Å²) >= 11 is 0. The summed E-state index contributed by atoms with van der Waals surface area (Å²) in [6.45, 7) is 0. The van der Waals surface area contributed by atoms with Crippen molar-refractivity contribution in [3.8, 4) is 0 Å². The first-order valence-corrected chi connectivity index (χ1v) is 6.83. The SMILES string of the molecule is N=C(N)N.O=S(=O)([O-])[O-].O=S(=O)([O-])[O-].O=S(=O)([O-])[O-].[Cr+3].[Cr+3]. The van der Waals surface area contributed by atoms with E-state index >= 15 is 0 Å². The predicted molar refractivity (Wildman–Crippen MR) is 47.5 cm³/mol. The molecular weight excluding hydrogens is 446 g/mol. The van der Waals surface area contributed by atoms with Crippen molar-refractivity contribution in [3.63, 3.8) is 0 Å². The van der Waals surface area contributed by atoms with E-state index in [2.05, 4.69) is 11.5 Å². The molecule has 0 aromatic heterocycles. The molecule has 0 aliphatic heterocycles. The van der Waals surface area contributed by atoms with Crippen LogP contribution in [0.4, 0.5) is 0 Å². The summed E-state index contributed by atoms with van der Waals surface area (Å²) < 4.78 is 102. The minimum Gasteiger partial charge on any atom is -0.759 e. The van der Waals surface area contributed by atoms with Crippen LogP contribution in [-0.4, -0.2) is 58.5 Å². The normalized spacial score (nSPS) is 9.43. The molecule has 126 valence electrons. The van der Waals surface area contributed by atoms with E-state index in [9.17, 15) is 0 Å². The molecule has 0 atom stereocenters. The van der Waals surface area contributed by atoms with Gasteiger partial charge < -0.3 is 38.8 Å². The van der Waals surface area contributed by atoms with Crippen LogP contribution in [0.15, 0.2) is 0 Å². The van der Waals surface area contributed by atoms with E-state index in [1.165, 1.54) is 0 Å². The zero-order valence-electron chi connectivity index (χ0n) is 9.09. The second kappa shape index (κ2) is 16.3. The van der Waals surface area contributed by atoms with E-state index in [0.717, 1.165) is 0 Å². The first kappa shape index (κ1) is 37.3. The Balaban J connectivity index is -0.0000000347. The summed E-state index contributed by atoms with van der Waals surface area (Å²) in [4.78, 5) is 0. The quantitative estimate of drug-likeness (QED) is 0.134. The van der Waals surface area contributed by atoms with E-state index in [-0.39, 0.29) is 40.7 Å². The molecule has 20 heteroatoms. The minimum atomic E-state index is -5.17. The molecule has 0 aliphatic carbocycles. The van der Waals surface area contributed by atoms with Gasteiger partial charge in [-0.2, -0.15) is 0 Å². The maximum atomic E-state index is 8.52. The summed E-state index contributed by atoms with van der Waals surface area (Å²) in [5.74, 6) is -0.333. The summed E-state index contributed by atoms with van der Waals surface area (Å²) in [5.41, 5.74) is 8.94. The monoisotopic (exact) mass is 451 g/mol. The maximum absolute atomic E-state index is 8.52. The van der Waals surface area contributed by atoms with Crippen molar-refractivity contribution in [1.82, 2.24) is 0 Å². The molecule has 2 radical (unpaired) electrons. The Bertz CT molecular complexity index is 435. The van der Waals surface area contributed by atoms with Gasteiger partial charge in [-0.05, 0) is 0 Å². The van der Waals surface area contributed by atoms with Gasteiger partial charge in [-0.15, -0.1) is 0 Å². The van der Waals surface area contributed by atoms with Crippen molar-refractivity contribution in [2.45, 2.75) is 0 Å². The van der Waals surface area contributed by atoms with E-state index in [0.29, 0.717) is 0 Å². The second-order valence-electron chi connectivity index (χ2n) is 1.68. The number of rotatable bonds is 0. The van der Waals surface area contributed by atoms with Gasteiger partial charge in [-0.3, -0.25) is 30.7 Å². The molecular formula is CH5Cr2N3O12S3. The number of nitrogens with two attached hydrogens (primary N) is 2. The Morgan fingerprint density at radius 2 is 0.619 bits per heavy atom. The van der Waals surface area contributed by atoms with E-state index in [1.54, 1.807) is 0 Å². The molecule has 0 fully saturated rings. The summed E-state index contributed by atoms with van der Waals surface area (Å²) in [6, 6.07) is 0. The van der Waals surface area contributed by atoms with Crippen LogP contribution in [0.2, 0.25) is 0 Å². The minimum absolute atomic E-state index is 0. The van der Waals surface area contributed by atoms with Crippen LogP contribution in [0.25, 0.3) is 0 Å². The van der Waals surface area contributed by atoms with Gasteiger partial charge in [0, 0.05) is 31.2 Å². The van der Waals surface area contributed by atoms with E-state index in [1.807, 2.05) is 0 Å². The van der Waals surface area contributed by atoms with Crippen LogP contribution in [0, 0.1) is 5.41 Å². The number of hydrogen-bond donors (Lipinski definition) is 3.